The summed E-state index contributed by atoms with van der Waals surface area (Å²) in [7, 11) is 1.62. The third kappa shape index (κ3) is 3.00. The highest BCUT2D eigenvalue weighted by Gasteiger charge is 2.31. The van der Waals surface area contributed by atoms with Gasteiger partial charge in [-0.3, -0.25) is 9.89 Å². The minimum atomic E-state index is -0.110. The number of piperidine rings is 1. The molecular weight excluding hydrogens is 320 g/mol. The van der Waals surface area contributed by atoms with Gasteiger partial charge in [-0.05, 0) is 31.4 Å². The largest absolute Gasteiger partial charge is 0.377 e. The summed E-state index contributed by atoms with van der Waals surface area (Å²) in [5.41, 5.74) is 1.47. The second-order valence-electron chi connectivity index (χ2n) is 6.19. The molecule has 1 fully saturated rings. The van der Waals surface area contributed by atoms with Gasteiger partial charge in [-0.1, -0.05) is 0 Å². The van der Waals surface area contributed by atoms with Crippen molar-refractivity contribution in [2.45, 2.75) is 31.9 Å². The molecule has 130 valence electrons. The van der Waals surface area contributed by atoms with Crippen molar-refractivity contribution in [2.24, 2.45) is 0 Å². The number of aromatic amines is 1. The van der Waals surface area contributed by atoms with E-state index < -0.39 is 0 Å². The second-order valence-corrected chi connectivity index (χ2v) is 6.19. The minimum Gasteiger partial charge on any atom is -0.377 e. The molecular formula is C17H20N6O2. The Hall–Kier alpha value is -2.74. The third-order valence-corrected chi connectivity index (χ3v) is 4.53. The van der Waals surface area contributed by atoms with Crippen molar-refractivity contribution in [2.75, 3.05) is 13.7 Å². The van der Waals surface area contributed by atoms with Gasteiger partial charge in [-0.25, -0.2) is 9.97 Å². The molecule has 1 atom stereocenters. The number of aromatic nitrogens is 5. The molecule has 0 aromatic carbocycles. The summed E-state index contributed by atoms with van der Waals surface area (Å²) < 4.78 is 6.94. The number of nitrogens with one attached hydrogen (secondary N) is 1. The first-order chi connectivity index (χ1) is 12.3. The zero-order valence-corrected chi connectivity index (χ0v) is 14.1. The number of likely N-dealkylation sites (tertiary alicyclic amines) is 1. The second kappa shape index (κ2) is 6.64. The van der Waals surface area contributed by atoms with Crippen LogP contribution in [-0.2, 0) is 11.3 Å². The van der Waals surface area contributed by atoms with E-state index in [9.17, 15) is 4.79 Å². The summed E-state index contributed by atoms with van der Waals surface area (Å²) in [5, 5.41) is 7.19. The van der Waals surface area contributed by atoms with E-state index in [2.05, 4.69) is 20.2 Å². The van der Waals surface area contributed by atoms with Crippen molar-refractivity contribution >= 4 is 11.6 Å². The SMILES string of the molecule is COCc1nc([C@@H]2CCCCN2C(=O)c2ccc3nccn3c2)n[nH]1. The molecule has 0 radical (unpaired) electrons. The number of fused-ring (bicyclic) bond motifs is 1. The molecule has 3 aromatic rings. The summed E-state index contributed by atoms with van der Waals surface area (Å²) in [6.07, 6.45) is 8.30. The fourth-order valence-electron chi connectivity index (χ4n) is 3.32. The van der Waals surface area contributed by atoms with Crippen LogP contribution in [-0.4, -0.2) is 49.0 Å². The standard InChI is InChI=1S/C17H20N6O2/c1-25-11-14-19-16(21-20-14)13-4-2-3-8-23(13)17(24)12-5-6-15-18-7-9-22(15)10-12/h5-7,9-10,13H,2-4,8,11H2,1H3,(H,19,20,21)/t13-/m0/s1. The Morgan fingerprint density at radius 2 is 2.32 bits per heavy atom. The van der Waals surface area contributed by atoms with Crippen molar-refractivity contribution in [3.63, 3.8) is 0 Å². The van der Waals surface area contributed by atoms with Crippen molar-refractivity contribution in [1.82, 2.24) is 29.5 Å². The maximum atomic E-state index is 13.1. The van der Waals surface area contributed by atoms with Gasteiger partial charge in [0, 0.05) is 32.2 Å². The molecule has 0 spiro atoms. The Labute approximate surface area is 144 Å². The van der Waals surface area contributed by atoms with Gasteiger partial charge >= 0.3 is 0 Å². The lowest BCUT2D eigenvalue weighted by molar-refractivity contribution is 0.0599. The molecule has 0 aliphatic carbocycles. The molecule has 1 saturated heterocycles. The predicted octanol–water partition coefficient (Wildman–Crippen LogP) is 1.97. The van der Waals surface area contributed by atoms with Crippen LogP contribution in [0, 0.1) is 0 Å². The van der Waals surface area contributed by atoms with Crippen LogP contribution in [0.15, 0.2) is 30.7 Å². The molecule has 0 unspecified atom stereocenters. The minimum absolute atomic E-state index is 0.00149. The Kier molecular flexibility index (Phi) is 4.19. The highest BCUT2D eigenvalue weighted by atomic mass is 16.5. The molecule has 8 heteroatoms. The first kappa shape index (κ1) is 15.8. The molecule has 4 heterocycles. The van der Waals surface area contributed by atoms with Crippen LogP contribution < -0.4 is 0 Å². The van der Waals surface area contributed by atoms with Crippen molar-refractivity contribution in [1.29, 1.82) is 0 Å². The number of rotatable bonds is 4. The number of carbonyl (C=O) groups excluding carboxylic acids is 1. The first-order valence-electron chi connectivity index (χ1n) is 8.40. The van der Waals surface area contributed by atoms with Crippen LogP contribution in [0.1, 0.15) is 47.3 Å². The van der Waals surface area contributed by atoms with Gasteiger partial charge in [0.2, 0.25) is 0 Å². The average Bonchev–Trinajstić information content (AvgIpc) is 3.30. The maximum Gasteiger partial charge on any atom is 0.255 e. The summed E-state index contributed by atoms with van der Waals surface area (Å²) in [5.74, 6) is 1.33. The number of nitrogens with zero attached hydrogens (tertiary/aromatic N) is 5. The lowest BCUT2D eigenvalue weighted by atomic mass is 10.0. The number of amides is 1. The molecule has 1 aliphatic rings. The summed E-state index contributed by atoms with van der Waals surface area (Å²) in [6, 6.07) is 3.57. The van der Waals surface area contributed by atoms with Crippen LogP contribution in [0.25, 0.3) is 5.65 Å². The van der Waals surface area contributed by atoms with E-state index in [4.69, 9.17) is 4.74 Å². The molecule has 0 saturated carbocycles. The fraction of sp³-hybridized carbons (Fsp3) is 0.412. The summed E-state index contributed by atoms with van der Waals surface area (Å²) >= 11 is 0. The molecule has 1 amide bonds. The Bertz CT molecular complexity index is 886. The highest BCUT2D eigenvalue weighted by molar-refractivity contribution is 5.94. The van der Waals surface area contributed by atoms with E-state index in [0.717, 1.165) is 24.9 Å². The van der Waals surface area contributed by atoms with Gasteiger partial charge in [0.25, 0.3) is 5.91 Å². The maximum absolute atomic E-state index is 13.1. The number of hydrogen-bond acceptors (Lipinski definition) is 5. The molecule has 3 aromatic heterocycles. The zero-order chi connectivity index (χ0) is 17.2. The van der Waals surface area contributed by atoms with Crippen molar-refractivity contribution in [3.8, 4) is 0 Å². The fourth-order valence-corrected chi connectivity index (χ4v) is 3.32. The van der Waals surface area contributed by atoms with Crippen molar-refractivity contribution < 1.29 is 9.53 Å². The van der Waals surface area contributed by atoms with Gasteiger partial charge in [-0.2, -0.15) is 5.10 Å². The predicted molar refractivity (Wildman–Crippen MR) is 89.9 cm³/mol. The van der Waals surface area contributed by atoms with Crippen LogP contribution >= 0.6 is 0 Å². The van der Waals surface area contributed by atoms with E-state index in [1.54, 1.807) is 13.3 Å². The number of carbonyl (C=O) groups is 1. The number of H-pyrrole nitrogens is 1. The monoisotopic (exact) mass is 340 g/mol. The lowest BCUT2D eigenvalue weighted by Crippen LogP contribution is -2.39. The highest BCUT2D eigenvalue weighted by Crippen LogP contribution is 2.30. The average molecular weight is 340 g/mol. The van der Waals surface area contributed by atoms with E-state index in [-0.39, 0.29) is 11.9 Å². The molecule has 4 rings (SSSR count). The summed E-state index contributed by atoms with van der Waals surface area (Å²) in [6.45, 7) is 1.09. The van der Waals surface area contributed by atoms with Crippen molar-refractivity contribution in [3.05, 3.63) is 47.9 Å². The van der Waals surface area contributed by atoms with E-state index in [1.165, 1.54) is 0 Å². The van der Waals surface area contributed by atoms with Crippen LogP contribution in [0.4, 0.5) is 0 Å². The van der Waals surface area contributed by atoms with Gasteiger partial charge in [0.05, 0.1) is 11.6 Å². The molecule has 8 nitrogen and oxygen atoms in total. The van der Waals surface area contributed by atoms with Gasteiger partial charge < -0.3 is 14.0 Å². The topological polar surface area (TPSA) is 88.4 Å². The van der Waals surface area contributed by atoms with Gasteiger partial charge in [0.1, 0.15) is 12.3 Å². The third-order valence-electron chi connectivity index (χ3n) is 4.53. The zero-order valence-electron chi connectivity index (χ0n) is 14.1. The quantitative estimate of drug-likeness (QED) is 0.784. The smallest absolute Gasteiger partial charge is 0.255 e. The van der Waals surface area contributed by atoms with Gasteiger partial charge in [-0.15, -0.1) is 0 Å². The lowest BCUT2D eigenvalue weighted by Gasteiger charge is -2.34. The molecule has 25 heavy (non-hydrogen) atoms. The number of hydrogen-bond donors (Lipinski definition) is 1. The molecule has 1 aliphatic heterocycles. The first-order valence-corrected chi connectivity index (χ1v) is 8.40. The number of imidazole rings is 1. The number of ether oxygens (including phenoxy) is 1. The Morgan fingerprint density at radius 3 is 3.20 bits per heavy atom. The van der Waals surface area contributed by atoms with E-state index in [0.29, 0.717) is 30.4 Å². The van der Waals surface area contributed by atoms with Crippen LogP contribution in [0.2, 0.25) is 0 Å². The Morgan fingerprint density at radius 1 is 1.40 bits per heavy atom. The van der Waals surface area contributed by atoms with Crippen LogP contribution in [0.3, 0.4) is 0 Å². The van der Waals surface area contributed by atoms with E-state index in [1.807, 2.05) is 33.8 Å². The van der Waals surface area contributed by atoms with Gasteiger partial charge in [0.15, 0.2) is 11.6 Å². The summed E-state index contributed by atoms with van der Waals surface area (Å²) in [4.78, 5) is 23.7. The number of methoxy groups -OCH3 is 1. The van der Waals surface area contributed by atoms with Crippen LogP contribution in [0.5, 0.6) is 0 Å². The van der Waals surface area contributed by atoms with E-state index >= 15 is 0 Å². The normalized spacial score (nSPS) is 18.0. The molecule has 0 bridgehead atoms. The molecule has 1 N–H and O–H groups in total. The number of pyridine rings is 1. The Balaban J connectivity index is 1.61.